The van der Waals surface area contributed by atoms with E-state index in [0.717, 1.165) is 38.5 Å². The maximum absolute atomic E-state index is 11.9. The standard InChI is InChI=1S/C19H36O4.Ca.2H/c1-4-7-9-10-11-13-15-19(17(20)21,18(22)23)16(6-3)14-12-8-5-2;;;/h16H,4-15H2,1-3H3,(H,20,21)(H,22,23);;;/q;+2;2*-1. The van der Waals surface area contributed by atoms with Gasteiger partial charge in [0.05, 0.1) is 0 Å². The van der Waals surface area contributed by atoms with Crippen molar-refractivity contribution < 1.29 is 22.7 Å². The summed E-state index contributed by atoms with van der Waals surface area (Å²) in [6, 6.07) is 0. The van der Waals surface area contributed by atoms with Crippen LogP contribution < -0.4 is 0 Å². The van der Waals surface area contributed by atoms with Crippen LogP contribution in [-0.4, -0.2) is 59.9 Å². The van der Waals surface area contributed by atoms with Crippen molar-refractivity contribution in [3.8, 4) is 0 Å². The van der Waals surface area contributed by atoms with Crippen LogP contribution in [0.5, 0.6) is 0 Å². The number of unbranched alkanes of at least 4 members (excludes halogenated alkanes) is 7. The molecule has 0 rings (SSSR count). The molecule has 1 atom stereocenters. The number of rotatable bonds is 15. The molecule has 0 bridgehead atoms. The largest absolute Gasteiger partial charge is 2.00 e. The van der Waals surface area contributed by atoms with Gasteiger partial charge in [0.15, 0.2) is 5.41 Å². The van der Waals surface area contributed by atoms with Gasteiger partial charge in [0.2, 0.25) is 0 Å². The van der Waals surface area contributed by atoms with Crippen LogP contribution in [-0.2, 0) is 9.59 Å². The minimum absolute atomic E-state index is 0. The third-order valence-electron chi connectivity index (χ3n) is 5.03. The molecule has 2 N–H and O–H groups in total. The quantitative estimate of drug-likeness (QED) is 0.232. The van der Waals surface area contributed by atoms with Crippen LogP contribution in [0.1, 0.15) is 101 Å². The Hall–Kier alpha value is 0.200. The molecule has 4 nitrogen and oxygen atoms in total. The van der Waals surface area contributed by atoms with E-state index in [4.69, 9.17) is 0 Å². The summed E-state index contributed by atoms with van der Waals surface area (Å²) in [5.74, 6) is -2.58. The third kappa shape index (κ3) is 8.53. The molecule has 1 unspecified atom stereocenters. The molecule has 0 aromatic carbocycles. The van der Waals surface area contributed by atoms with E-state index in [0.29, 0.717) is 19.3 Å². The predicted molar refractivity (Wildman–Crippen MR) is 102 cm³/mol. The van der Waals surface area contributed by atoms with Gasteiger partial charge in [-0.1, -0.05) is 85.0 Å². The molecule has 0 fully saturated rings. The Labute approximate surface area is 180 Å². The number of hydrogen-bond acceptors (Lipinski definition) is 2. The zero-order valence-electron chi connectivity index (χ0n) is 18.0. The van der Waals surface area contributed by atoms with E-state index in [-0.39, 0.29) is 52.9 Å². The van der Waals surface area contributed by atoms with Gasteiger partial charge in [0.25, 0.3) is 0 Å². The van der Waals surface area contributed by atoms with Crippen LogP contribution in [0.3, 0.4) is 0 Å². The van der Waals surface area contributed by atoms with Gasteiger partial charge in [-0.2, -0.15) is 0 Å². The summed E-state index contributed by atoms with van der Waals surface area (Å²) in [6.07, 6.45) is 10.7. The summed E-state index contributed by atoms with van der Waals surface area (Å²) in [4.78, 5) is 23.8. The molecular formula is C19H38CaO4. The van der Waals surface area contributed by atoms with Crippen molar-refractivity contribution in [3.63, 3.8) is 0 Å². The molecule has 0 aliphatic heterocycles. The first-order valence-electron chi connectivity index (χ1n) is 9.44. The molecule has 0 aliphatic carbocycles. The van der Waals surface area contributed by atoms with E-state index in [1.54, 1.807) is 0 Å². The number of aliphatic carboxylic acids is 2. The Morgan fingerprint density at radius 3 is 1.75 bits per heavy atom. The van der Waals surface area contributed by atoms with E-state index >= 15 is 0 Å². The number of hydrogen-bond donors (Lipinski definition) is 2. The average Bonchev–Trinajstić information content (AvgIpc) is 2.51. The van der Waals surface area contributed by atoms with Crippen LogP contribution in [0.15, 0.2) is 0 Å². The summed E-state index contributed by atoms with van der Waals surface area (Å²) in [5, 5.41) is 19.4. The van der Waals surface area contributed by atoms with Crippen molar-refractivity contribution in [2.45, 2.75) is 97.8 Å². The third-order valence-corrected chi connectivity index (χ3v) is 5.03. The van der Waals surface area contributed by atoms with Crippen LogP contribution >= 0.6 is 0 Å². The van der Waals surface area contributed by atoms with Gasteiger partial charge < -0.3 is 13.1 Å². The Bertz CT molecular complexity index is 340. The second-order valence-corrected chi connectivity index (χ2v) is 6.70. The smallest absolute Gasteiger partial charge is 1.00 e. The van der Waals surface area contributed by atoms with Gasteiger partial charge in [-0.3, -0.25) is 9.59 Å². The number of carboxylic acids is 2. The fraction of sp³-hybridized carbons (Fsp3) is 0.895. The van der Waals surface area contributed by atoms with Crippen LogP contribution in [0, 0.1) is 11.3 Å². The molecule has 0 saturated carbocycles. The number of carbonyl (C=O) groups is 2. The monoisotopic (exact) mass is 370 g/mol. The topological polar surface area (TPSA) is 74.6 Å². The zero-order valence-corrected chi connectivity index (χ0v) is 18.2. The first-order valence-corrected chi connectivity index (χ1v) is 9.44. The Kier molecular flexibility index (Phi) is 17.0. The Morgan fingerprint density at radius 2 is 1.29 bits per heavy atom. The maximum atomic E-state index is 11.9. The molecule has 0 aromatic heterocycles. The van der Waals surface area contributed by atoms with Gasteiger partial charge >= 0.3 is 49.7 Å². The predicted octanol–water partition coefficient (Wildman–Crippen LogP) is 5.34. The first kappa shape index (κ1) is 26.4. The summed E-state index contributed by atoms with van der Waals surface area (Å²) in [7, 11) is 0. The fourth-order valence-electron chi connectivity index (χ4n) is 3.48. The molecular weight excluding hydrogens is 332 g/mol. The second kappa shape index (κ2) is 15.5. The summed E-state index contributed by atoms with van der Waals surface area (Å²) >= 11 is 0. The minimum Gasteiger partial charge on any atom is -1.00 e. The van der Waals surface area contributed by atoms with Crippen LogP contribution in [0.2, 0.25) is 0 Å². The van der Waals surface area contributed by atoms with Crippen molar-refractivity contribution in [1.29, 1.82) is 0 Å². The van der Waals surface area contributed by atoms with Gasteiger partial charge in [-0.05, 0) is 18.8 Å². The van der Waals surface area contributed by atoms with Gasteiger partial charge in [-0.25, -0.2) is 0 Å². The average molecular weight is 371 g/mol. The van der Waals surface area contributed by atoms with Crippen molar-refractivity contribution in [2.75, 3.05) is 0 Å². The molecule has 140 valence electrons. The van der Waals surface area contributed by atoms with Crippen molar-refractivity contribution in [3.05, 3.63) is 0 Å². The van der Waals surface area contributed by atoms with Gasteiger partial charge in [-0.15, -0.1) is 0 Å². The van der Waals surface area contributed by atoms with Gasteiger partial charge in [0.1, 0.15) is 0 Å². The van der Waals surface area contributed by atoms with E-state index in [1.807, 2.05) is 6.92 Å². The van der Waals surface area contributed by atoms with Crippen LogP contribution in [0.25, 0.3) is 0 Å². The Balaban J connectivity index is -0.000000807. The Morgan fingerprint density at radius 1 is 0.833 bits per heavy atom. The van der Waals surface area contributed by atoms with E-state index in [2.05, 4.69) is 13.8 Å². The molecule has 5 heteroatoms. The summed E-state index contributed by atoms with van der Waals surface area (Å²) < 4.78 is 0. The van der Waals surface area contributed by atoms with Crippen molar-refractivity contribution in [1.82, 2.24) is 0 Å². The van der Waals surface area contributed by atoms with E-state index in [9.17, 15) is 19.8 Å². The van der Waals surface area contributed by atoms with E-state index in [1.165, 1.54) is 12.8 Å². The summed E-state index contributed by atoms with van der Waals surface area (Å²) in [6.45, 7) is 6.17. The normalized spacial score (nSPS) is 12.5. The molecule has 0 amide bonds. The number of carboxylic acid groups (broad SMARTS) is 2. The fourth-order valence-corrected chi connectivity index (χ4v) is 3.48. The van der Waals surface area contributed by atoms with Crippen molar-refractivity contribution >= 4 is 49.7 Å². The SMILES string of the molecule is CCCCCCCCC(C(=O)O)(C(=O)O)C(CC)CCCCC.[Ca+2].[H-].[H-]. The molecule has 0 aromatic rings. The molecule has 0 spiro atoms. The zero-order chi connectivity index (χ0) is 17.7. The maximum Gasteiger partial charge on any atom is 2.00 e. The molecule has 0 radical (unpaired) electrons. The second-order valence-electron chi connectivity index (χ2n) is 6.70. The summed E-state index contributed by atoms with van der Waals surface area (Å²) in [5.41, 5.74) is -1.60. The first-order chi connectivity index (χ1) is 11.0. The molecule has 0 heterocycles. The van der Waals surface area contributed by atoms with Gasteiger partial charge in [0, 0.05) is 0 Å². The molecule has 0 saturated heterocycles. The minimum atomic E-state index is -1.60. The van der Waals surface area contributed by atoms with Crippen molar-refractivity contribution in [2.24, 2.45) is 11.3 Å². The molecule has 24 heavy (non-hydrogen) atoms. The molecule has 0 aliphatic rings. The van der Waals surface area contributed by atoms with E-state index < -0.39 is 17.4 Å². The van der Waals surface area contributed by atoms with Crippen LogP contribution in [0.4, 0.5) is 0 Å².